The maximum absolute atomic E-state index is 14.7. The van der Waals surface area contributed by atoms with Gasteiger partial charge in [0, 0.05) is 25.1 Å². The maximum Gasteiger partial charge on any atom is 0.305 e. The number of carbonyl (C=O) groups excluding carboxylic acids is 4. The Morgan fingerprint density at radius 2 is 0.960 bits per heavy atom. The molecule has 11 heteroatoms. The number of rotatable bonds is 28. The van der Waals surface area contributed by atoms with E-state index in [2.05, 4.69) is 125 Å². The fourth-order valence-electron chi connectivity index (χ4n) is 9.31. The van der Waals surface area contributed by atoms with Crippen LogP contribution in [0.15, 0.2) is 224 Å². The predicted molar refractivity (Wildman–Crippen MR) is 305 cm³/mol. The lowest BCUT2D eigenvalue weighted by Crippen LogP contribution is -2.55. The van der Waals surface area contributed by atoms with Gasteiger partial charge in [0.2, 0.25) is 17.7 Å². The first-order valence-corrected chi connectivity index (χ1v) is 27.6. The van der Waals surface area contributed by atoms with Crippen LogP contribution in [0.5, 0.6) is 0 Å². The van der Waals surface area contributed by atoms with Crippen molar-refractivity contribution in [2.24, 2.45) is 0 Å². The first-order valence-electron chi connectivity index (χ1n) is 25.7. The van der Waals surface area contributed by atoms with E-state index >= 15 is 0 Å². The number of thioether (sulfide) groups is 2. The number of benzene rings is 7. The summed E-state index contributed by atoms with van der Waals surface area (Å²) in [5, 5.41) is 20.3. The van der Waals surface area contributed by atoms with Crippen LogP contribution < -0.4 is 16.0 Å². The lowest BCUT2D eigenvalue weighted by atomic mass is 9.84. The Kier molecular flexibility index (Phi) is 21.5. The highest BCUT2D eigenvalue weighted by molar-refractivity contribution is 8.00. The van der Waals surface area contributed by atoms with Gasteiger partial charge in [0.15, 0.2) is 0 Å². The van der Waals surface area contributed by atoms with Crippen LogP contribution in [-0.4, -0.2) is 72.1 Å². The van der Waals surface area contributed by atoms with Crippen LogP contribution in [0.4, 0.5) is 0 Å². The van der Waals surface area contributed by atoms with Crippen molar-refractivity contribution in [1.29, 1.82) is 0 Å². The molecule has 386 valence electrons. The normalized spacial score (nSPS) is 12.8. The molecule has 0 spiro atoms. The van der Waals surface area contributed by atoms with Crippen LogP contribution in [0.1, 0.15) is 77.5 Å². The fraction of sp³-hybridized carbons (Fsp3) is 0.250. The van der Waals surface area contributed by atoms with E-state index in [4.69, 9.17) is 4.74 Å². The third-order valence-corrected chi connectivity index (χ3v) is 16.3. The number of aliphatic hydroxyl groups excluding tert-OH is 1. The number of hydrogen-bond acceptors (Lipinski definition) is 8. The minimum absolute atomic E-state index is 0.150. The van der Waals surface area contributed by atoms with Gasteiger partial charge in [-0.25, -0.2) is 0 Å². The van der Waals surface area contributed by atoms with Gasteiger partial charge in [-0.15, -0.1) is 23.5 Å². The second kappa shape index (κ2) is 29.1. The number of unbranched alkanes of at least 4 members (excludes halogenated alkanes) is 2. The third-order valence-electron chi connectivity index (χ3n) is 13.1. The smallest absolute Gasteiger partial charge is 0.305 e. The van der Waals surface area contributed by atoms with E-state index in [-0.39, 0.29) is 30.5 Å². The fourth-order valence-corrected chi connectivity index (χ4v) is 12.3. The second-order valence-electron chi connectivity index (χ2n) is 18.3. The van der Waals surface area contributed by atoms with Crippen molar-refractivity contribution in [1.82, 2.24) is 16.0 Å². The van der Waals surface area contributed by atoms with Crippen molar-refractivity contribution in [2.45, 2.75) is 72.6 Å². The minimum Gasteiger partial charge on any atom is -0.469 e. The van der Waals surface area contributed by atoms with Gasteiger partial charge >= 0.3 is 5.97 Å². The number of ether oxygens (including phenoxy) is 1. The van der Waals surface area contributed by atoms with Crippen LogP contribution in [0.3, 0.4) is 0 Å². The van der Waals surface area contributed by atoms with Gasteiger partial charge in [0.1, 0.15) is 12.1 Å². The lowest BCUT2D eigenvalue weighted by Gasteiger charge is -2.36. The average molecular weight is 1040 g/mol. The van der Waals surface area contributed by atoms with Crippen molar-refractivity contribution in [3.63, 3.8) is 0 Å². The Balaban J connectivity index is 1.07. The van der Waals surface area contributed by atoms with E-state index in [9.17, 15) is 24.3 Å². The summed E-state index contributed by atoms with van der Waals surface area (Å²) in [5.74, 6) is -0.804. The van der Waals surface area contributed by atoms with Gasteiger partial charge in [-0.3, -0.25) is 19.2 Å². The Hall–Kier alpha value is -7.18. The molecule has 0 saturated carbocycles. The Morgan fingerprint density at radius 3 is 1.40 bits per heavy atom. The SMILES string of the molecule is COC(=O)CCCCCNC(=O)C(CSC(c1ccccc1)(c1ccccc1)c1ccccc1)NC(=O)C(Cc1ccccc1)NC(=O)CC(O)C=CCCSC(c1ccccc1)(c1ccccc1)c1ccccc1. The zero-order chi connectivity index (χ0) is 52.6. The number of esters is 1. The second-order valence-corrected chi connectivity index (χ2v) is 20.8. The molecule has 9 nitrogen and oxygen atoms in total. The molecule has 75 heavy (non-hydrogen) atoms. The van der Waals surface area contributed by atoms with E-state index < -0.39 is 39.5 Å². The largest absolute Gasteiger partial charge is 0.469 e. The maximum atomic E-state index is 14.7. The van der Waals surface area contributed by atoms with Crippen LogP contribution in [0.2, 0.25) is 0 Å². The molecule has 0 bridgehead atoms. The van der Waals surface area contributed by atoms with E-state index in [1.54, 1.807) is 17.8 Å². The molecule has 0 aliphatic carbocycles. The average Bonchev–Trinajstić information content (AvgIpc) is 3.46. The lowest BCUT2D eigenvalue weighted by molar-refractivity contribution is -0.140. The monoisotopic (exact) mass is 1040 g/mol. The number of allylic oxidation sites excluding steroid dienone is 1. The van der Waals surface area contributed by atoms with E-state index in [0.29, 0.717) is 38.6 Å². The van der Waals surface area contributed by atoms with Crippen LogP contribution in [0.25, 0.3) is 0 Å². The Bertz CT molecular complexity index is 2650. The predicted octanol–water partition coefficient (Wildman–Crippen LogP) is 11.2. The zero-order valence-corrected chi connectivity index (χ0v) is 44.1. The molecular weight excluding hydrogens is 971 g/mol. The summed E-state index contributed by atoms with van der Waals surface area (Å²) >= 11 is 3.37. The number of hydrogen-bond donors (Lipinski definition) is 4. The van der Waals surface area contributed by atoms with E-state index in [1.165, 1.54) is 7.11 Å². The summed E-state index contributed by atoms with van der Waals surface area (Å²) in [6, 6.07) is 69.2. The van der Waals surface area contributed by atoms with Gasteiger partial charge in [-0.1, -0.05) is 231 Å². The van der Waals surface area contributed by atoms with Crippen molar-refractivity contribution in [3.8, 4) is 0 Å². The molecule has 4 N–H and O–H groups in total. The molecule has 0 heterocycles. The topological polar surface area (TPSA) is 134 Å². The molecule has 0 aliphatic heterocycles. The number of nitrogens with one attached hydrogen (secondary N) is 3. The minimum atomic E-state index is -1.11. The summed E-state index contributed by atoms with van der Waals surface area (Å²) < 4.78 is 3.52. The molecule has 7 aromatic rings. The van der Waals surface area contributed by atoms with Crippen LogP contribution in [0, 0.1) is 0 Å². The summed E-state index contributed by atoms with van der Waals surface area (Å²) in [6.45, 7) is 0.334. The standard InChI is InChI=1S/C64H67N3O6S2/c1-73-60(70)43-24-9-26-44-65-61(71)58(48-75-64(53-36-18-6-19-37-53,54-38-20-7-21-39-54)55-40-22-8-23-41-55)67-62(72)57(46-49-28-10-2-11-29-49)66-59(69)47-56(68)42-25-27-45-74-63(50-30-12-3-13-31-50,51-32-14-4-15-33-51)52-34-16-5-17-35-52/h2-8,10-23,25,28-42,56-58,68H,9,24,26-27,43-48H2,1H3,(H,65,71)(H,66,69)(H,67,72). The highest BCUT2D eigenvalue weighted by Crippen LogP contribution is 2.50. The van der Waals surface area contributed by atoms with Crippen LogP contribution >= 0.6 is 23.5 Å². The molecule has 3 atom stereocenters. The zero-order valence-electron chi connectivity index (χ0n) is 42.5. The summed E-state index contributed by atoms with van der Waals surface area (Å²) in [5.41, 5.74) is 7.31. The molecule has 0 radical (unpaired) electrons. The molecule has 0 saturated heterocycles. The van der Waals surface area contributed by atoms with E-state index in [1.807, 2.05) is 121 Å². The summed E-state index contributed by atoms with van der Waals surface area (Å²) in [4.78, 5) is 54.7. The first-order chi connectivity index (χ1) is 36.7. The molecule has 0 aliphatic rings. The quantitative estimate of drug-likeness (QED) is 0.0165. The van der Waals surface area contributed by atoms with Gasteiger partial charge < -0.3 is 25.8 Å². The molecule has 3 unspecified atom stereocenters. The molecule has 7 rings (SSSR count). The summed E-state index contributed by atoms with van der Waals surface area (Å²) in [7, 11) is 1.37. The van der Waals surface area contributed by atoms with Crippen molar-refractivity contribution in [3.05, 3.63) is 263 Å². The molecule has 0 fully saturated rings. The van der Waals surface area contributed by atoms with Gasteiger partial charge in [-0.2, -0.15) is 0 Å². The van der Waals surface area contributed by atoms with Crippen molar-refractivity contribution in [2.75, 3.05) is 25.2 Å². The van der Waals surface area contributed by atoms with Gasteiger partial charge in [0.25, 0.3) is 0 Å². The number of methoxy groups -OCH3 is 1. The Morgan fingerprint density at radius 1 is 0.533 bits per heavy atom. The highest BCUT2D eigenvalue weighted by Gasteiger charge is 2.40. The third kappa shape index (κ3) is 15.4. The number of carbonyl (C=O) groups is 4. The molecule has 3 amide bonds. The van der Waals surface area contributed by atoms with E-state index in [0.717, 1.165) is 44.7 Å². The number of aliphatic hydroxyl groups is 1. The summed E-state index contributed by atoms with van der Waals surface area (Å²) in [6.07, 6.45) is 5.19. The van der Waals surface area contributed by atoms with Crippen molar-refractivity contribution < 1.29 is 29.0 Å². The molecular formula is C64H67N3O6S2. The molecule has 7 aromatic carbocycles. The van der Waals surface area contributed by atoms with Gasteiger partial charge in [0.05, 0.1) is 29.1 Å². The number of amides is 3. The van der Waals surface area contributed by atoms with Gasteiger partial charge in [-0.05, 0) is 64.0 Å². The Labute approximate surface area is 451 Å². The van der Waals surface area contributed by atoms with Crippen LogP contribution in [-0.2, 0) is 39.8 Å². The molecule has 0 aromatic heterocycles. The first kappa shape index (κ1) is 55.6. The van der Waals surface area contributed by atoms with Crippen molar-refractivity contribution >= 4 is 47.2 Å². The highest BCUT2D eigenvalue weighted by atomic mass is 32.2.